The van der Waals surface area contributed by atoms with Gasteiger partial charge in [-0.15, -0.1) is 0 Å². The molecule has 1 aliphatic carbocycles. The number of carbonyl (C=O) groups excluding carboxylic acids is 1. The maximum Gasteiger partial charge on any atom is 0.317 e. The van der Waals surface area contributed by atoms with E-state index in [1.165, 1.54) is 0 Å². The number of amides is 1. The Labute approximate surface area is 117 Å². The lowest BCUT2D eigenvalue weighted by molar-refractivity contribution is -0.138. The number of rotatable bonds is 4. The van der Waals surface area contributed by atoms with Crippen LogP contribution in [0.15, 0.2) is 18.3 Å². The molecule has 1 N–H and O–H groups in total. The number of carbonyl (C=O) groups is 2. The van der Waals surface area contributed by atoms with Crippen molar-refractivity contribution in [3.05, 3.63) is 24.0 Å². The van der Waals surface area contributed by atoms with Crippen LogP contribution < -0.4 is 0 Å². The summed E-state index contributed by atoms with van der Waals surface area (Å²) < 4.78 is 2.08. The number of nitrogens with zero attached hydrogens (tertiary/aromatic N) is 3. The van der Waals surface area contributed by atoms with Crippen molar-refractivity contribution in [2.24, 2.45) is 0 Å². The van der Waals surface area contributed by atoms with Gasteiger partial charge in [-0.1, -0.05) is 0 Å². The average Bonchev–Trinajstić information content (AvgIpc) is 3.16. The standard InChI is InChI=1S/C14H19N3O3/c18-13(19)10-15-6-8-16(9-7-15)14(20)12-2-1-5-17(12)11-3-4-11/h1-2,5,11H,3-4,6-10H2,(H,18,19). The zero-order valence-corrected chi connectivity index (χ0v) is 11.4. The maximum absolute atomic E-state index is 12.5. The molecular formula is C14H19N3O3. The first-order valence-electron chi connectivity index (χ1n) is 7.05. The number of carboxylic acid groups (broad SMARTS) is 1. The van der Waals surface area contributed by atoms with Crippen molar-refractivity contribution in [2.45, 2.75) is 18.9 Å². The van der Waals surface area contributed by atoms with Gasteiger partial charge >= 0.3 is 5.97 Å². The van der Waals surface area contributed by atoms with Crippen LogP contribution in [0.4, 0.5) is 0 Å². The lowest BCUT2D eigenvalue weighted by Gasteiger charge is -2.34. The van der Waals surface area contributed by atoms with Crippen LogP contribution in [0.1, 0.15) is 29.4 Å². The van der Waals surface area contributed by atoms with Gasteiger partial charge in [0.2, 0.25) is 0 Å². The van der Waals surface area contributed by atoms with E-state index in [2.05, 4.69) is 4.57 Å². The highest BCUT2D eigenvalue weighted by Crippen LogP contribution is 2.36. The Hall–Kier alpha value is -1.82. The molecule has 2 fully saturated rings. The summed E-state index contributed by atoms with van der Waals surface area (Å²) in [6.07, 6.45) is 4.29. The molecule has 2 heterocycles. The topological polar surface area (TPSA) is 65.8 Å². The molecule has 2 aliphatic rings. The molecule has 0 unspecified atom stereocenters. The summed E-state index contributed by atoms with van der Waals surface area (Å²) >= 11 is 0. The minimum Gasteiger partial charge on any atom is -0.480 e. The fourth-order valence-electron chi connectivity index (χ4n) is 2.71. The van der Waals surface area contributed by atoms with Crippen LogP contribution in [0.2, 0.25) is 0 Å². The molecule has 0 atom stereocenters. The van der Waals surface area contributed by atoms with Crippen LogP contribution in [0.25, 0.3) is 0 Å². The number of piperazine rings is 1. The average molecular weight is 277 g/mol. The number of hydrogen-bond donors (Lipinski definition) is 1. The van der Waals surface area contributed by atoms with E-state index in [4.69, 9.17) is 5.11 Å². The summed E-state index contributed by atoms with van der Waals surface area (Å²) in [5.74, 6) is -0.746. The van der Waals surface area contributed by atoms with E-state index in [0.29, 0.717) is 32.2 Å². The Bertz CT molecular complexity index is 513. The molecule has 0 radical (unpaired) electrons. The third-order valence-corrected chi connectivity index (χ3v) is 3.96. The van der Waals surface area contributed by atoms with Crippen LogP contribution in [0.5, 0.6) is 0 Å². The van der Waals surface area contributed by atoms with Crippen LogP contribution in [0, 0.1) is 0 Å². The molecule has 1 aliphatic heterocycles. The van der Waals surface area contributed by atoms with Gasteiger partial charge in [0.05, 0.1) is 6.54 Å². The van der Waals surface area contributed by atoms with Crippen molar-refractivity contribution in [2.75, 3.05) is 32.7 Å². The smallest absolute Gasteiger partial charge is 0.317 e. The van der Waals surface area contributed by atoms with Crippen LogP contribution in [-0.2, 0) is 4.79 Å². The Morgan fingerprint density at radius 2 is 1.90 bits per heavy atom. The second kappa shape index (κ2) is 5.28. The molecule has 1 saturated heterocycles. The molecule has 1 saturated carbocycles. The molecule has 1 aromatic heterocycles. The molecule has 108 valence electrons. The molecule has 0 aromatic carbocycles. The van der Waals surface area contributed by atoms with Crippen molar-refractivity contribution in [3.8, 4) is 0 Å². The van der Waals surface area contributed by atoms with E-state index < -0.39 is 5.97 Å². The number of aliphatic carboxylic acids is 1. The first-order valence-corrected chi connectivity index (χ1v) is 7.05. The minimum atomic E-state index is -0.813. The summed E-state index contributed by atoms with van der Waals surface area (Å²) in [4.78, 5) is 26.9. The first-order chi connectivity index (χ1) is 9.65. The highest BCUT2D eigenvalue weighted by atomic mass is 16.4. The normalized spacial score (nSPS) is 20.1. The molecule has 20 heavy (non-hydrogen) atoms. The second-order valence-electron chi connectivity index (χ2n) is 5.49. The predicted octanol–water partition coefficient (Wildman–Crippen LogP) is 0.665. The highest BCUT2D eigenvalue weighted by Gasteiger charge is 2.29. The van der Waals surface area contributed by atoms with E-state index in [0.717, 1.165) is 18.5 Å². The molecular weight excluding hydrogens is 258 g/mol. The first kappa shape index (κ1) is 13.2. The van der Waals surface area contributed by atoms with Crippen LogP contribution in [0.3, 0.4) is 0 Å². The molecule has 6 nitrogen and oxygen atoms in total. The van der Waals surface area contributed by atoms with Crippen molar-refractivity contribution in [1.82, 2.24) is 14.4 Å². The summed E-state index contributed by atoms with van der Waals surface area (Å²) in [7, 11) is 0. The quantitative estimate of drug-likeness (QED) is 0.878. The van der Waals surface area contributed by atoms with Gasteiger partial charge in [0.15, 0.2) is 0 Å². The third-order valence-electron chi connectivity index (χ3n) is 3.96. The summed E-state index contributed by atoms with van der Waals surface area (Å²) in [6, 6.07) is 4.30. The van der Waals surface area contributed by atoms with E-state index in [1.54, 1.807) is 0 Å². The van der Waals surface area contributed by atoms with Crippen molar-refractivity contribution in [3.63, 3.8) is 0 Å². The van der Waals surface area contributed by atoms with Gasteiger partial charge in [-0.05, 0) is 25.0 Å². The van der Waals surface area contributed by atoms with Crippen LogP contribution >= 0.6 is 0 Å². The predicted molar refractivity (Wildman–Crippen MR) is 72.7 cm³/mol. The monoisotopic (exact) mass is 277 g/mol. The fourth-order valence-corrected chi connectivity index (χ4v) is 2.71. The van der Waals surface area contributed by atoms with Gasteiger partial charge < -0.3 is 14.6 Å². The van der Waals surface area contributed by atoms with Gasteiger partial charge in [-0.25, -0.2) is 0 Å². The van der Waals surface area contributed by atoms with Gasteiger partial charge in [-0.2, -0.15) is 0 Å². The number of aromatic nitrogens is 1. The van der Waals surface area contributed by atoms with E-state index >= 15 is 0 Å². The summed E-state index contributed by atoms with van der Waals surface area (Å²) in [6.45, 7) is 2.51. The lowest BCUT2D eigenvalue weighted by atomic mass is 10.2. The second-order valence-corrected chi connectivity index (χ2v) is 5.49. The molecule has 1 amide bonds. The Balaban J connectivity index is 1.61. The Morgan fingerprint density at radius 1 is 1.20 bits per heavy atom. The molecule has 0 bridgehead atoms. The van der Waals surface area contributed by atoms with Crippen molar-refractivity contribution >= 4 is 11.9 Å². The summed E-state index contributed by atoms with van der Waals surface area (Å²) in [5, 5.41) is 8.77. The Morgan fingerprint density at radius 3 is 2.50 bits per heavy atom. The third kappa shape index (κ3) is 2.70. The maximum atomic E-state index is 12.5. The van der Waals surface area contributed by atoms with E-state index in [-0.39, 0.29) is 12.5 Å². The zero-order chi connectivity index (χ0) is 14.1. The zero-order valence-electron chi connectivity index (χ0n) is 11.4. The lowest BCUT2D eigenvalue weighted by Crippen LogP contribution is -2.50. The largest absolute Gasteiger partial charge is 0.480 e. The van der Waals surface area contributed by atoms with Crippen molar-refractivity contribution in [1.29, 1.82) is 0 Å². The van der Waals surface area contributed by atoms with E-state index in [1.807, 2.05) is 28.1 Å². The number of hydrogen-bond acceptors (Lipinski definition) is 3. The number of carboxylic acids is 1. The van der Waals surface area contributed by atoms with Gasteiger partial charge in [0, 0.05) is 38.4 Å². The van der Waals surface area contributed by atoms with Gasteiger partial charge in [-0.3, -0.25) is 14.5 Å². The molecule has 0 spiro atoms. The molecule has 6 heteroatoms. The fraction of sp³-hybridized carbons (Fsp3) is 0.571. The Kier molecular flexibility index (Phi) is 3.48. The van der Waals surface area contributed by atoms with Gasteiger partial charge in [0.1, 0.15) is 5.69 Å². The molecule has 1 aromatic rings. The molecule has 3 rings (SSSR count). The highest BCUT2D eigenvalue weighted by molar-refractivity contribution is 5.93. The summed E-state index contributed by atoms with van der Waals surface area (Å²) in [5.41, 5.74) is 0.763. The van der Waals surface area contributed by atoms with Gasteiger partial charge in [0.25, 0.3) is 5.91 Å². The van der Waals surface area contributed by atoms with Crippen LogP contribution in [-0.4, -0.2) is 64.1 Å². The van der Waals surface area contributed by atoms with Crippen molar-refractivity contribution < 1.29 is 14.7 Å². The minimum absolute atomic E-state index is 0.0560. The van der Waals surface area contributed by atoms with E-state index in [9.17, 15) is 9.59 Å². The SMILES string of the molecule is O=C(O)CN1CCN(C(=O)c2cccn2C2CC2)CC1.